The number of carbonyl (C=O) groups is 1. The number of nitrogens with two attached hydrogens (primary N) is 1. The van der Waals surface area contributed by atoms with Crippen molar-refractivity contribution in [1.82, 2.24) is 9.97 Å². The number of nitrogens with zero attached hydrogens (tertiary/aromatic N) is 3. The predicted molar refractivity (Wildman–Crippen MR) is 125 cm³/mol. The maximum Gasteiger partial charge on any atom is 0.222 e. The number of rotatable bonds is 4. The number of aromatic nitrogens is 2. The molecule has 7 heteroatoms. The minimum atomic E-state index is -0.0572. The third-order valence-electron chi connectivity index (χ3n) is 5.61. The van der Waals surface area contributed by atoms with Crippen molar-refractivity contribution in [1.29, 1.82) is 0 Å². The Morgan fingerprint density at radius 1 is 1.16 bits per heavy atom. The molecule has 1 fully saturated rings. The van der Waals surface area contributed by atoms with Crippen LogP contribution < -0.4 is 10.6 Å². The van der Waals surface area contributed by atoms with Crippen molar-refractivity contribution in [2.24, 2.45) is 0 Å². The number of anilines is 2. The molecule has 2 aromatic carbocycles. The first-order valence-corrected chi connectivity index (χ1v) is 11.1. The van der Waals surface area contributed by atoms with Crippen LogP contribution in [0.15, 0.2) is 54.0 Å². The van der Waals surface area contributed by atoms with Crippen LogP contribution in [0.25, 0.3) is 22.0 Å². The van der Waals surface area contributed by atoms with Crippen molar-refractivity contribution in [3.8, 4) is 11.1 Å². The molecule has 0 spiro atoms. The molecule has 6 nitrogen and oxygen atoms in total. The van der Waals surface area contributed by atoms with Crippen molar-refractivity contribution in [2.75, 3.05) is 36.9 Å². The van der Waals surface area contributed by atoms with E-state index in [4.69, 9.17) is 10.5 Å². The summed E-state index contributed by atoms with van der Waals surface area (Å²) in [5.41, 5.74) is 11.6. The summed E-state index contributed by atoms with van der Waals surface area (Å²) in [4.78, 5) is 24.2. The molecule has 0 radical (unpaired) electrons. The van der Waals surface area contributed by atoms with E-state index in [1.807, 2.05) is 42.6 Å². The molecule has 156 valence electrons. The molecule has 0 aliphatic carbocycles. The van der Waals surface area contributed by atoms with Crippen molar-refractivity contribution in [3.63, 3.8) is 0 Å². The number of fused-ring (bicyclic) bond motifs is 1. The molecule has 2 aromatic heterocycles. The second-order valence-corrected chi connectivity index (χ2v) is 8.46. The van der Waals surface area contributed by atoms with Gasteiger partial charge in [-0.25, -0.2) is 9.97 Å². The SMILES string of the molecule is Cc1cccc(C(=O)c2nccs2)c1-c1ccc2nc(N)c(N3CCOCC3)cc2c1. The fourth-order valence-electron chi connectivity index (χ4n) is 4.08. The Kier molecular flexibility index (Phi) is 5.13. The third kappa shape index (κ3) is 3.66. The van der Waals surface area contributed by atoms with Crippen LogP contribution in [0.5, 0.6) is 0 Å². The number of ketones is 1. The highest BCUT2D eigenvalue weighted by Gasteiger charge is 2.20. The Balaban J connectivity index is 1.62. The van der Waals surface area contributed by atoms with Crippen molar-refractivity contribution >= 4 is 39.5 Å². The number of ether oxygens (including phenoxy) is 1. The van der Waals surface area contributed by atoms with Crippen LogP contribution in [0.2, 0.25) is 0 Å². The van der Waals surface area contributed by atoms with Crippen molar-refractivity contribution in [3.05, 3.63) is 70.2 Å². The molecule has 5 rings (SSSR count). The fraction of sp³-hybridized carbons (Fsp3) is 0.208. The van der Waals surface area contributed by atoms with Crippen LogP contribution in [-0.4, -0.2) is 42.1 Å². The lowest BCUT2D eigenvalue weighted by atomic mass is 9.92. The maximum atomic E-state index is 13.1. The van der Waals surface area contributed by atoms with Crippen molar-refractivity contribution in [2.45, 2.75) is 6.92 Å². The third-order valence-corrected chi connectivity index (χ3v) is 6.38. The normalized spacial score (nSPS) is 14.2. The Labute approximate surface area is 184 Å². The maximum absolute atomic E-state index is 13.1. The zero-order chi connectivity index (χ0) is 21.4. The topological polar surface area (TPSA) is 81.3 Å². The van der Waals surface area contributed by atoms with Gasteiger partial charge in [-0.15, -0.1) is 11.3 Å². The van der Waals surface area contributed by atoms with E-state index < -0.39 is 0 Å². The summed E-state index contributed by atoms with van der Waals surface area (Å²) in [5, 5.41) is 3.31. The van der Waals surface area contributed by atoms with Gasteiger partial charge in [0.15, 0.2) is 5.01 Å². The summed E-state index contributed by atoms with van der Waals surface area (Å²) < 4.78 is 5.47. The fourth-order valence-corrected chi connectivity index (χ4v) is 4.67. The molecule has 0 atom stereocenters. The molecule has 4 aromatic rings. The number of morpholine rings is 1. The second kappa shape index (κ2) is 8.09. The summed E-state index contributed by atoms with van der Waals surface area (Å²) in [5.74, 6) is 0.468. The summed E-state index contributed by atoms with van der Waals surface area (Å²) in [6, 6.07) is 14.0. The van der Waals surface area contributed by atoms with Crippen LogP contribution in [0.1, 0.15) is 20.9 Å². The first-order valence-electron chi connectivity index (χ1n) is 10.2. The van der Waals surface area contributed by atoms with Crippen molar-refractivity contribution < 1.29 is 9.53 Å². The van der Waals surface area contributed by atoms with Gasteiger partial charge >= 0.3 is 0 Å². The number of aryl methyl sites for hydroxylation is 1. The Bertz CT molecular complexity index is 1260. The molecule has 2 N–H and O–H groups in total. The van der Waals surface area contributed by atoms with E-state index in [0.717, 1.165) is 46.4 Å². The number of pyridine rings is 1. The molecule has 31 heavy (non-hydrogen) atoms. The first-order chi connectivity index (χ1) is 15.1. The standard InChI is InChI=1S/C24H22N4O2S/c1-15-3-2-4-18(22(29)24-26-7-12-31-24)21(15)16-5-6-19-17(13-16)14-20(23(25)27-19)28-8-10-30-11-9-28/h2-7,12-14H,8-11H2,1H3,(H2,25,27). The van der Waals surface area contributed by atoms with Crippen LogP contribution in [0.3, 0.4) is 0 Å². The molecule has 3 heterocycles. The summed E-state index contributed by atoms with van der Waals surface area (Å²) in [6.07, 6.45) is 1.66. The molecular formula is C24H22N4O2S. The van der Waals surface area contributed by atoms with E-state index in [0.29, 0.717) is 29.6 Å². The average Bonchev–Trinajstić information content (AvgIpc) is 3.33. The number of hydrogen-bond acceptors (Lipinski definition) is 7. The first kappa shape index (κ1) is 19.7. The van der Waals surface area contributed by atoms with Crippen LogP contribution in [0.4, 0.5) is 11.5 Å². The molecule has 0 unspecified atom stereocenters. The minimum Gasteiger partial charge on any atom is -0.382 e. The summed E-state index contributed by atoms with van der Waals surface area (Å²) in [6.45, 7) is 4.98. The Hall–Kier alpha value is -3.29. The van der Waals surface area contributed by atoms with Gasteiger partial charge in [-0.1, -0.05) is 24.3 Å². The van der Waals surface area contributed by atoms with Gasteiger partial charge in [-0.2, -0.15) is 0 Å². The molecule has 0 amide bonds. The van der Waals surface area contributed by atoms with Gasteiger partial charge < -0.3 is 15.4 Å². The van der Waals surface area contributed by atoms with Crippen LogP contribution in [0, 0.1) is 6.92 Å². The van der Waals surface area contributed by atoms with Gasteiger partial charge in [-0.05, 0) is 41.8 Å². The number of carbonyl (C=O) groups excluding carboxylic acids is 1. The zero-order valence-electron chi connectivity index (χ0n) is 17.2. The number of hydrogen-bond donors (Lipinski definition) is 1. The van der Waals surface area contributed by atoms with Gasteiger partial charge in [0.2, 0.25) is 5.78 Å². The predicted octanol–water partition coefficient (Wildman–Crippen LogP) is 4.32. The second-order valence-electron chi connectivity index (χ2n) is 7.56. The number of nitrogen functional groups attached to an aromatic ring is 1. The Morgan fingerprint density at radius 2 is 2.00 bits per heavy atom. The highest BCUT2D eigenvalue weighted by Crippen LogP contribution is 2.34. The van der Waals surface area contributed by atoms with Gasteiger partial charge in [0.05, 0.1) is 24.4 Å². The van der Waals surface area contributed by atoms with E-state index in [-0.39, 0.29) is 5.78 Å². The summed E-state index contributed by atoms with van der Waals surface area (Å²) in [7, 11) is 0. The van der Waals surface area contributed by atoms with Crippen LogP contribution in [-0.2, 0) is 4.74 Å². The largest absolute Gasteiger partial charge is 0.382 e. The quantitative estimate of drug-likeness (QED) is 0.486. The molecule has 0 saturated carbocycles. The summed E-state index contributed by atoms with van der Waals surface area (Å²) >= 11 is 1.36. The highest BCUT2D eigenvalue weighted by atomic mass is 32.1. The molecule has 1 saturated heterocycles. The van der Waals surface area contributed by atoms with Gasteiger partial charge in [-0.3, -0.25) is 4.79 Å². The van der Waals surface area contributed by atoms with E-state index in [1.54, 1.807) is 6.20 Å². The van der Waals surface area contributed by atoms with E-state index in [2.05, 4.69) is 27.0 Å². The zero-order valence-corrected chi connectivity index (χ0v) is 18.0. The smallest absolute Gasteiger partial charge is 0.222 e. The van der Waals surface area contributed by atoms with E-state index in [1.165, 1.54) is 11.3 Å². The molecular weight excluding hydrogens is 408 g/mol. The van der Waals surface area contributed by atoms with Crippen LogP contribution >= 0.6 is 11.3 Å². The van der Waals surface area contributed by atoms with Gasteiger partial charge in [0.1, 0.15) is 5.82 Å². The molecule has 1 aliphatic rings. The van der Waals surface area contributed by atoms with Gasteiger partial charge in [0.25, 0.3) is 0 Å². The Morgan fingerprint density at radius 3 is 2.77 bits per heavy atom. The average molecular weight is 431 g/mol. The number of benzene rings is 2. The van der Waals surface area contributed by atoms with E-state index >= 15 is 0 Å². The lowest BCUT2D eigenvalue weighted by Crippen LogP contribution is -2.36. The monoisotopic (exact) mass is 430 g/mol. The number of thiazole rings is 1. The highest BCUT2D eigenvalue weighted by molar-refractivity contribution is 7.11. The lowest BCUT2D eigenvalue weighted by Gasteiger charge is -2.29. The minimum absolute atomic E-state index is 0.0572. The molecule has 0 bridgehead atoms. The lowest BCUT2D eigenvalue weighted by molar-refractivity contribution is 0.103. The van der Waals surface area contributed by atoms with Gasteiger partial charge in [0, 0.05) is 35.6 Å². The molecule has 1 aliphatic heterocycles. The van der Waals surface area contributed by atoms with E-state index in [9.17, 15) is 4.79 Å².